The Morgan fingerprint density at radius 3 is 2.06 bits per heavy atom. The van der Waals surface area contributed by atoms with Crippen molar-refractivity contribution in [2.45, 2.75) is 55.3 Å². The van der Waals surface area contributed by atoms with Gasteiger partial charge in [0, 0.05) is 24.2 Å². The second-order valence-corrected chi connectivity index (χ2v) is 11.8. The molecule has 6 rings (SSSR count). The van der Waals surface area contributed by atoms with Crippen LogP contribution in [0.5, 0.6) is 0 Å². The Morgan fingerprint density at radius 2 is 1.52 bits per heavy atom. The molecule has 6 nitrogen and oxygen atoms in total. The molecule has 0 atom stereocenters. The van der Waals surface area contributed by atoms with Gasteiger partial charge in [0.05, 0.1) is 11.0 Å². The lowest BCUT2D eigenvalue weighted by Gasteiger charge is -2.57. The quantitative estimate of drug-likeness (QED) is 0.586. The van der Waals surface area contributed by atoms with E-state index >= 15 is 0 Å². The largest absolute Gasteiger partial charge is 0.322 e. The van der Waals surface area contributed by atoms with Crippen LogP contribution in [-0.4, -0.2) is 20.9 Å². The molecule has 0 heterocycles. The molecule has 0 spiro atoms. The van der Waals surface area contributed by atoms with Gasteiger partial charge in [-0.3, -0.25) is 4.79 Å². The van der Waals surface area contributed by atoms with Gasteiger partial charge in [0.15, 0.2) is 0 Å². The molecule has 172 valence electrons. The van der Waals surface area contributed by atoms with Crippen LogP contribution in [0.1, 0.15) is 60.9 Å². The predicted molar refractivity (Wildman–Crippen MR) is 126 cm³/mol. The zero-order valence-corrected chi connectivity index (χ0v) is 19.4. The van der Waals surface area contributed by atoms with Crippen molar-refractivity contribution in [1.29, 1.82) is 5.26 Å². The Hall–Kier alpha value is -2.69. The summed E-state index contributed by atoms with van der Waals surface area (Å²) in [5, 5.41) is 11.5. The van der Waals surface area contributed by atoms with Gasteiger partial charge in [-0.1, -0.05) is 12.1 Å². The molecule has 4 fully saturated rings. The predicted octanol–water partition coefficient (Wildman–Crippen LogP) is 4.60. The van der Waals surface area contributed by atoms with Crippen LogP contribution in [0.3, 0.4) is 0 Å². The van der Waals surface area contributed by atoms with Crippen molar-refractivity contribution in [3.05, 3.63) is 59.7 Å². The first-order valence-electron chi connectivity index (χ1n) is 11.8. The molecule has 2 aromatic rings. The monoisotopic (exact) mass is 463 g/mol. The second-order valence-electron chi connectivity index (χ2n) is 10.1. The van der Waals surface area contributed by atoms with E-state index in [2.05, 4.69) is 22.2 Å². The number of hydrogen-bond donors (Lipinski definition) is 2. The fourth-order valence-corrected chi connectivity index (χ4v) is 7.72. The van der Waals surface area contributed by atoms with Crippen molar-refractivity contribution in [3.8, 4) is 6.07 Å². The highest BCUT2D eigenvalue weighted by molar-refractivity contribution is 7.89. The Balaban J connectivity index is 1.24. The first-order valence-corrected chi connectivity index (χ1v) is 13.2. The molecule has 0 unspecified atom stereocenters. The summed E-state index contributed by atoms with van der Waals surface area (Å²) in [7, 11) is -3.69. The Bertz CT molecular complexity index is 1150. The molecule has 2 aromatic carbocycles. The van der Waals surface area contributed by atoms with E-state index in [4.69, 9.17) is 5.26 Å². The van der Waals surface area contributed by atoms with Crippen molar-refractivity contribution >= 4 is 21.6 Å². The van der Waals surface area contributed by atoms with Crippen LogP contribution in [0.2, 0.25) is 0 Å². The first-order chi connectivity index (χ1) is 15.9. The summed E-state index contributed by atoms with van der Waals surface area (Å²) in [6.45, 7) is 0.0559. The van der Waals surface area contributed by atoms with Gasteiger partial charge in [0.2, 0.25) is 10.0 Å². The SMILES string of the molecule is N#CCCNS(=O)(=O)c1ccc(C(=O)Nc2ccc(C34CC5CC(CC(C5)C3)C4)cc2)cc1. The van der Waals surface area contributed by atoms with E-state index in [9.17, 15) is 13.2 Å². The lowest BCUT2D eigenvalue weighted by Crippen LogP contribution is -2.48. The van der Waals surface area contributed by atoms with Gasteiger partial charge >= 0.3 is 0 Å². The van der Waals surface area contributed by atoms with Crippen molar-refractivity contribution < 1.29 is 13.2 Å². The average Bonchev–Trinajstić information content (AvgIpc) is 2.79. The number of carbonyl (C=O) groups is 1. The summed E-state index contributed by atoms with van der Waals surface area (Å²) >= 11 is 0. The number of carbonyl (C=O) groups excluding carboxylic acids is 1. The summed E-state index contributed by atoms with van der Waals surface area (Å²) in [5.74, 6) is 2.40. The third-order valence-corrected chi connectivity index (χ3v) is 9.23. The zero-order valence-electron chi connectivity index (χ0n) is 18.6. The smallest absolute Gasteiger partial charge is 0.255 e. The minimum absolute atomic E-state index is 0.0559. The maximum atomic E-state index is 12.7. The Labute approximate surface area is 195 Å². The summed E-state index contributed by atoms with van der Waals surface area (Å²) in [6, 6.07) is 16.0. The molecule has 2 N–H and O–H groups in total. The van der Waals surface area contributed by atoms with Gasteiger partial charge < -0.3 is 5.32 Å². The van der Waals surface area contributed by atoms with E-state index in [-0.39, 0.29) is 23.8 Å². The van der Waals surface area contributed by atoms with Crippen LogP contribution in [0.25, 0.3) is 0 Å². The number of anilines is 1. The number of hydrogen-bond acceptors (Lipinski definition) is 4. The number of sulfonamides is 1. The highest BCUT2D eigenvalue weighted by atomic mass is 32.2. The summed E-state index contributed by atoms with van der Waals surface area (Å²) in [4.78, 5) is 12.7. The van der Waals surface area contributed by atoms with Crippen LogP contribution in [0, 0.1) is 29.1 Å². The van der Waals surface area contributed by atoms with Crippen molar-refractivity contribution in [1.82, 2.24) is 4.72 Å². The molecule has 0 radical (unpaired) electrons. The second kappa shape index (κ2) is 8.58. The fourth-order valence-electron chi connectivity index (χ4n) is 6.68. The third-order valence-electron chi connectivity index (χ3n) is 7.75. The van der Waals surface area contributed by atoms with Crippen molar-refractivity contribution in [3.63, 3.8) is 0 Å². The third kappa shape index (κ3) is 4.42. The number of amides is 1. The van der Waals surface area contributed by atoms with E-state index in [1.165, 1.54) is 68.4 Å². The number of nitrogens with one attached hydrogen (secondary N) is 2. The standard InChI is InChI=1S/C26H29N3O3S/c27-10-1-11-28-33(31,32)24-8-2-21(3-9-24)25(30)29-23-6-4-22(5-7-23)26-15-18-12-19(16-26)14-20(13-18)17-26/h2-9,18-20,28H,1,11-17H2,(H,29,30). The molecule has 4 bridgehead atoms. The molecule has 0 aliphatic heterocycles. The van der Waals surface area contributed by atoms with Crippen molar-refractivity contribution in [2.75, 3.05) is 11.9 Å². The molecular formula is C26H29N3O3S. The number of nitrogens with zero attached hydrogens (tertiary/aromatic N) is 1. The lowest BCUT2D eigenvalue weighted by atomic mass is 9.48. The number of nitriles is 1. The Kier molecular flexibility index (Phi) is 5.75. The van der Waals surface area contributed by atoms with Crippen LogP contribution in [-0.2, 0) is 15.4 Å². The maximum absolute atomic E-state index is 12.7. The number of rotatable bonds is 7. The topological polar surface area (TPSA) is 99.1 Å². The van der Waals surface area contributed by atoms with E-state index in [0.717, 1.165) is 23.4 Å². The molecule has 7 heteroatoms. The van der Waals surface area contributed by atoms with E-state index in [1.54, 1.807) is 0 Å². The number of benzene rings is 2. The van der Waals surface area contributed by atoms with Crippen LogP contribution >= 0.6 is 0 Å². The maximum Gasteiger partial charge on any atom is 0.255 e. The average molecular weight is 464 g/mol. The van der Waals surface area contributed by atoms with Gasteiger partial charge in [0.25, 0.3) is 5.91 Å². The first kappa shape index (κ1) is 22.1. The molecule has 33 heavy (non-hydrogen) atoms. The Morgan fingerprint density at radius 1 is 0.939 bits per heavy atom. The highest BCUT2D eigenvalue weighted by Gasteiger charge is 2.51. The molecule has 4 saturated carbocycles. The minimum atomic E-state index is -3.69. The van der Waals surface area contributed by atoms with Gasteiger partial charge in [-0.05, 0) is 104 Å². The highest BCUT2D eigenvalue weighted by Crippen LogP contribution is 2.60. The molecule has 0 aromatic heterocycles. The summed E-state index contributed by atoms with van der Waals surface area (Å²) in [5.41, 5.74) is 2.87. The van der Waals surface area contributed by atoms with Crippen LogP contribution in [0.4, 0.5) is 5.69 Å². The fraction of sp³-hybridized carbons (Fsp3) is 0.462. The van der Waals surface area contributed by atoms with Crippen LogP contribution < -0.4 is 10.0 Å². The van der Waals surface area contributed by atoms with E-state index in [0.29, 0.717) is 11.0 Å². The minimum Gasteiger partial charge on any atom is -0.322 e. The van der Waals surface area contributed by atoms with Gasteiger partial charge in [0.1, 0.15) is 0 Å². The molecular weight excluding hydrogens is 434 g/mol. The van der Waals surface area contributed by atoms with Crippen LogP contribution in [0.15, 0.2) is 53.4 Å². The summed E-state index contributed by atoms with van der Waals surface area (Å²) < 4.78 is 26.8. The molecule has 4 aliphatic carbocycles. The van der Waals surface area contributed by atoms with Gasteiger partial charge in [-0.2, -0.15) is 5.26 Å². The summed E-state index contributed by atoms with van der Waals surface area (Å²) in [6.07, 6.45) is 8.29. The van der Waals surface area contributed by atoms with E-state index < -0.39 is 10.0 Å². The normalized spacial score (nSPS) is 27.8. The zero-order chi connectivity index (χ0) is 23.1. The van der Waals surface area contributed by atoms with Gasteiger partial charge in [-0.15, -0.1) is 0 Å². The molecule has 4 aliphatic rings. The molecule has 1 amide bonds. The van der Waals surface area contributed by atoms with Crippen molar-refractivity contribution in [2.24, 2.45) is 17.8 Å². The molecule has 0 saturated heterocycles. The lowest BCUT2D eigenvalue weighted by molar-refractivity contribution is -0.00518. The van der Waals surface area contributed by atoms with Gasteiger partial charge in [-0.25, -0.2) is 13.1 Å². The van der Waals surface area contributed by atoms with E-state index in [1.807, 2.05) is 18.2 Å².